The number of rotatable bonds is 11. The summed E-state index contributed by atoms with van der Waals surface area (Å²) in [4.78, 5) is 49.7. The number of carbonyl (C=O) groups is 4. The summed E-state index contributed by atoms with van der Waals surface area (Å²) in [6, 6.07) is 17.7. The van der Waals surface area contributed by atoms with Crippen molar-refractivity contribution in [2.75, 3.05) is 37.9 Å². The monoisotopic (exact) mass is 932 g/mol. The minimum atomic E-state index is -5.25. The predicted octanol–water partition coefficient (Wildman–Crippen LogP) is 6.44. The molecule has 5 aromatic carbocycles. The zero-order valence-electron chi connectivity index (χ0n) is 33.8. The molecule has 0 fully saturated rings. The van der Waals surface area contributed by atoms with Crippen LogP contribution in [0.1, 0.15) is 75.3 Å². The van der Waals surface area contributed by atoms with Crippen molar-refractivity contribution in [3.63, 3.8) is 0 Å². The number of amides is 2. The second kappa shape index (κ2) is 24.2. The molecule has 13 nitrogen and oxygen atoms in total. The average molecular weight is 933 g/mol. The molecule has 0 spiro atoms. The quantitative estimate of drug-likeness (QED) is 0.0552. The number of alkyl halides is 6. The summed E-state index contributed by atoms with van der Waals surface area (Å²) in [5.74, 6) is -4.93. The molecule has 0 bridgehead atoms. The Kier molecular flexibility index (Phi) is 21.2. The standard InChI is InChI=1S/C38H28F6N3O8P.2C2H5O.CH4.Mg.H2/c1-45-22-5-3-7-26(16-22)56(54,28-14-20(37(39,40)41)13-21(15-28)38(42,43)44)27-8-4-6-23(17-27)47-34(49)32-19-25(10-12-30(32)36(52)53)55-24-9-11-29(35(50)51)31(18-24)33(48)46-2;2*1-2-3;;;/h3-19,45H,1-2H3,(H,46,48)(H,47,49)(H,50,51)(H,52,53);2*2H2,1H3;1H4;;1H/q;2*-1;;+2;/i;;;;;1+1. The van der Waals surface area contributed by atoms with Gasteiger partial charge in [-0.1, -0.05) is 45.5 Å². The largest absolute Gasteiger partial charge is 2.00 e. The van der Waals surface area contributed by atoms with Crippen molar-refractivity contribution in [3.05, 3.63) is 137 Å². The first kappa shape index (κ1) is 56.1. The molecule has 2 amide bonds. The molecular weight excluding hydrogens is 888 g/mol. The van der Waals surface area contributed by atoms with Crippen molar-refractivity contribution in [2.45, 2.75) is 33.6 Å². The minimum absolute atomic E-state index is 0. The van der Waals surface area contributed by atoms with Gasteiger partial charge in [0, 0.05) is 42.8 Å². The maximum atomic E-state index is 15.2. The number of aromatic carboxylic acids is 2. The maximum absolute atomic E-state index is 15.2. The number of anilines is 2. The molecule has 340 valence electrons. The van der Waals surface area contributed by atoms with Crippen molar-refractivity contribution < 1.29 is 76.7 Å². The number of hydrogen-bond acceptors (Lipinski definition) is 9. The van der Waals surface area contributed by atoms with Crippen LogP contribution in [-0.4, -0.2) is 84.3 Å². The van der Waals surface area contributed by atoms with Crippen molar-refractivity contribution in [1.29, 1.82) is 0 Å². The fraction of sp³-hybridized carbons (Fsp3) is 0.209. The van der Waals surface area contributed by atoms with E-state index in [4.69, 9.17) is 14.9 Å². The van der Waals surface area contributed by atoms with Gasteiger partial charge in [0.05, 0.1) is 33.4 Å². The van der Waals surface area contributed by atoms with Gasteiger partial charge in [-0.3, -0.25) is 9.59 Å². The first-order valence-corrected chi connectivity index (χ1v) is 19.7. The van der Waals surface area contributed by atoms with Crippen LogP contribution in [0.2, 0.25) is 0 Å². The minimum Gasteiger partial charge on any atom is -0.855 e. The molecule has 0 aliphatic rings. The zero-order valence-corrected chi connectivity index (χ0v) is 36.1. The number of nitrogens with one attached hydrogen (secondary N) is 3. The third-order valence-electron chi connectivity index (χ3n) is 8.30. The smallest absolute Gasteiger partial charge is 0.855 e. The van der Waals surface area contributed by atoms with Crippen LogP contribution in [0.25, 0.3) is 0 Å². The molecule has 5 N–H and O–H groups in total. The summed E-state index contributed by atoms with van der Waals surface area (Å²) in [7, 11) is -1.84. The van der Waals surface area contributed by atoms with E-state index in [0.29, 0.717) is 17.8 Å². The molecular formula is C43H44F6MgN3O10P. The molecule has 21 heteroatoms. The van der Waals surface area contributed by atoms with Gasteiger partial charge in [0.15, 0.2) is 7.14 Å². The molecule has 0 radical (unpaired) electrons. The van der Waals surface area contributed by atoms with E-state index >= 15 is 4.57 Å². The molecule has 0 aliphatic carbocycles. The van der Waals surface area contributed by atoms with Crippen LogP contribution in [0.3, 0.4) is 0 Å². The van der Waals surface area contributed by atoms with Gasteiger partial charge in [0.2, 0.25) is 0 Å². The van der Waals surface area contributed by atoms with Gasteiger partial charge in [0.1, 0.15) is 11.5 Å². The Labute approximate surface area is 381 Å². The summed E-state index contributed by atoms with van der Waals surface area (Å²) >= 11 is 0. The van der Waals surface area contributed by atoms with Crippen molar-refractivity contribution in [3.8, 4) is 11.5 Å². The Morgan fingerprint density at radius 2 is 1.03 bits per heavy atom. The fourth-order valence-corrected chi connectivity index (χ4v) is 8.37. The normalized spacial score (nSPS) is 11.6. The van der Waals surface area contributed by atoms with E-state index in [-0.39, 0.29) is 90.1 Å². The van der Waals surface area contributed by atoms with E-state index in [0.717, 1.165) is 30.3 Å². The second-order valence-electron chi connectivity index (χ2n) is 12.5. The second-order valence-corrected chi connectivity index (χ2v) is 15.2. The fourth-order valence-electron chi connectivity index (χ4n) is 5.60. The van der Waals surface area contributed by atoms with Gasteiger partial charge < -0.3 is 45.7 Å². The van der Waals surface area contributed by atoms with Crippen LogP contribution in [0.15, 0.2) is 103 Å². The van der Waals surface area contributed by atoms with E-state index in [9.17, 15) is 55.7 Å². The van der Waals surface area contributed by atoms with Gasteiger partial charge in [-0.15, -0.1) is 13.2 Å². The third-order valence-corrected chi connectivity index (χ3v) is 11.3. The summed E-state index contributed by atoms with van der Waals surface area (Å²) in [6.45, 7) is 3.14. The molecule has 5 aromatic rings. The van der Waals surface area contributed by atoms with E-state index in [1.54, 1.807) is 13.8 Å². The van der Waals surface area contributed by atoms with Crippen molar-refractivity contribution >= 4 is 81.2 Å². The van der Waals surface area contributed by atoms with Crippen LogP contribution in [0.4, 0.5) is 37.7 Å². The van der Waals surface area contributed by atoms with Gasteiger partial charge in [0.25, 0.3) is 11.8 Å². The SMILES string of the molecule is C.CC[O-].CC[O-].CNC(=O)c1cc(Oc2ccc(C(=O)O)c(C(=O)Nc3cccc(P(=O)(c4cccc(NC)c4)c4cc(C(F)(F)F)cc(C(F)(F)F)c4)c3)c2)ccc1C(=O)O.[2HH].[Mg+2]. The zero-order chi connectivity index (χ0) is 46.6. The first-order valence-electron chi connectivity index (χ1n) is 18.0. The van der Waals surface area contributed by atoms with E-state index in [1.165, 1.54) is 68.7 Å². The molecule has 0 aliphatic heterocycles. The Morgan fingerprint density at radius 3 is 1.42 bits per heavy atom. The topological polar surface area (TPSA) is 217 Å². The Hall–Kier alpha value is -5.92. The van der Waals surface area contributed by atoms with Crippen LogP contribution < -0.4 is 46.8 Å². The number of hydrogen-bond donors (Lipinski definition) is 5. The van der Waals surface area contributed by atoms with Crippen molar-refractivity contribution in [2.24, 2.45) is 0 Å². The first-order chi connectivity index (χ1) is 29.1. The Bertz CT molecular complexity index is 2460. The molecule has 64 heavy (non-hydrogen) atoms. The maximum Gasteiger partial charge on any atom is 2.00 e. The number of benzene rings is 5. The van der Waals surface area contributed by atoms with E-state index in [1.807, 2.05) is 0 Å². The Morgan fingerprint density at radius 1 is 0.625 bits per heavy atom. The molecule has 5 rings (SSSR count). The Balaban J connectivity index is 0.00000431. The third kappa shape index (κ3) is 14.0. The summed E-state index contributed by atoms with van der Waals surface area (Å²) in [5, 5.41) is 43.5. The number of carboxylic acids is 2. The van der Waals surface area contributed by atoms with Crippen LogP contribution >= 0.6 is 7.14 Å². The number of carbonyl (C=O) groups excluding carboxylic acids is 2. The van der Waals surface area contributed by atoms with Crippen LogP contribution in [0, 0.1) is 0 Å². The number of carboxylic acid groups (broad SMARTS) is 2. The van der Waals surface area contributed by atoms with Crippen molar-refractivity contribution in [1.82, 2.24) is 5.32 Å². The average Bonchev–Trinajstić information content (AvgIpc) is 3.22. The molecule has 0 heterocycles. The van der Waals surface area contributed by atoms with E-state index in [2.05, 4.69) is 16.0 Å². The van der Waals surface area contributed by atoms with E-state index < -0.39 is 70.8 Å². The number of halogens is 6. The summed E-state index contributed by atoms with van der Waals surface area (Å²) in [6.07, 6.45) is -10.5. The molecule has 1 unspecified atom stereocenters. The van der Waals surface area contributed by atoms with Crippen LogP contribution in [-0.2, 0) is 16.9 Å². The predicted molar refractivity (Wildman–Crippen MR) is 229 cm³/mol. The number of ether oxygens (including phenoxy) is 1. The van der Waals surface area contributed by atoms with Gasteiger partial charge in [-0.2, -0.15) is 26.3 Å². The summed E-state index contributed by atoms with van der Waals surface area (Å²) < 4.78 is 105. The molecule has 0 aromatic heterocycles. The molecule has 1 atom stereocenters. The van der Waals surface area contributed by atoms with Gasteiger partial charge in [-0.25, -0.2) is 9.59 Å². The van der Waals surface area contributed by atoms with Gasteiger partial charge in [-0.05, 0) is 78.9 Å². The molecule has 0 saturated heterocycles. The molecule has 0 saturated carbocycles. The van der Waals surface area contributed by atoms with Gasteiger partial charge >= 0.3 is 47.3 Å². The summed E-state index contributed by atoms with van der Waals surface area (Å²) in [5.41, 5.74) is -4.81. The van der Waals surface area contributed by atoms with Crippen LogP contribution in [0.5, 0.6) is 11.5 Å².